The van der Waals surface area contributed by atoms with Crippen LogP contribution in [-0.2, 0) is 28.7 Å². The van der Waals surface area contributed by atoms with E-state index in [0.717, 1.165) is 44.9 Å². The third kappa shape index (κ3) is 18.4. The van der Waals surface area contributed by atoms with Crippen LogP contribution in [-0.4, -0.2) is 65.6 Å². The number of benzene rings is 1. The number of hydrogen-bond acceptors (Lipinski definition) is 8. The Balaban J connectivity index is 0.000000723. The van der Waals surface area contributed by atoms with E-state index >= 15 is 0 Å². The average Bonchev–Trinajstić information content (AvgIpc) is 2.88. The summed E-state index contributed by atoms with van der Waals surface area (Å²) in [6.07, 6.45) is 5.65. The molecule has 2 atom stereocenters. The number of carboxylic acid groups (broad SMARTS) is 1. The molecule has 0 aliphatic carbocycles. The number of esters is 2. The van der Waals surface area contributed by atoms with Crippen molar-refractivity contribution in [3.8, 4) is 0 Å². The van der Waals surface area contributed by atoms with Crippen LogP contribution in [0.4, 0.5) is 5.69 Å². The van der Waals surface area contributed by atoms with Gasteiger partial charge in [-0.2, -0.15) is 0 Å². The number of carboxylic acids is 1. The lowest BCUT2D eigenvalue weighted by Crippen LogP contribution is -2.27. The summed E-state index contributed by atoms with van der Waals surface area (Å²) >= 11 is 0. The van der Waals surface area contributed by atoms with Gasteiger partial charge >= 0.3 is 17.9 Å². The number of aliphatic hydroxyl groups is 2. The van der Waals surface area contributed by atoms with Crippen molar-refractivity contribution in [2.75, 3.05) is 19.5 Å². The molecule has 0 aromatic heterocycles. The highest BCUT2D eigenvalue weighted by molar-refractivity contribution is 5.93. The highest BCUT2D eigenvalue weighted by atomic mass is 16.5. The summed E-state index contributed by atoms with van der Waals surface area (Å²) in [4.78, 5) is 43.6. The van der Waals surface area contributed by atoms with Crippen LogP contribution >= 0.6 is 0 Å². The molecule has 0 saturated carbocycles. The quantitative estimate of drug-likeness (QED) is 0.181. The van der Waals surface area contributed by atoms with Crippen molar-refractivity contribution < 1.29 is 44.0 Å². The molecule has 0 aliphatic rings. The number of aliphatic carboxylic acids is 1. The lowest BCUT2D eigenvalue weighted by atomic mass is 10.1. The van der Waals surface area contributed by atoms with Crippen LogP contribution in [0.5, 0.6) is 0 Å². The SMILES string of the molecule is COC(=O)CCCCCCC(O)C(=O)Nc1ccccc1.COC(=O)CCCCCCC(O)C(=O)O. The van der Waals surface area contributed by atoms with E-state index in [1.54, 1.807) is 12.1 Å². The van der Waals surface area contributed by atoms with Crippen LogP contribution in [0.3, 0.4) is 0 Å². The van der Waals surface area contributed by atoms with Crippen molar-refractivity contribution >= 4 is 29.5 Å². The van der Waals surface area contributed by atoms with Crippen LogP contribution in [0.25, 0.3) is 0 Å². The zero-order valence-electron chi connectivity index (χ0n) is 21.3. The molecule has 36 heavy (non-hydrogen) atoms. The summed E-state index contributed by atoms with van der Waals surface area (Å²) in [6.45, 7) is 0. The zero-order valence-corrected chi connectivity index (χ0v) is 21.3. The first-order valence-electron chi connectivity index (χ1n) is 12.3. The molecule has 1 aromatic rings. The van der Waals surface area contributed by atoms with Crippen molar-refractivity contribution in [3.05, 3.63) is 30.3 Å². The molecular weight excluding hydrogens is 470 g/mol. The second-order valence-corrected chi connectivity index (χ2v) is 8.28. The Morgan fingerprint density at radius 3 is 1.61 bits per heavy atom. The fourth-order valence-corrected chi connectivity index (χ4v) is 3.13. The van der Waals surface area contributed by atoms with Crippen molar-refractivity contribution in [3.63, 3.8) is 0 Å². The highest BCUT2D eigenvalue weighted by Gasteiger charge is 2.14. The number of ether oxygens (including phenoxy) is 2. The molecule has 10 heteroatoms. The first-order valence-corrected chi connectivity index (χ1v) is 12.3. The van der Waals surface area contributed by atoms with Crippen LogP contribution < -0.4 is 5.32 Å². The van der Waals surface area contributed by atoms with Gasteiger partial charge in [-0.1, -0.05) is 56.7 Å². The van der Waals surface area contributed by atoms with Crippen LogP contribution in [0.2, 0.25) is 0 Å². The normalized spacial score (nSPS) is 11.9. The minimum absolute atomic E-state index is 0.197. The third-order valence-electron chi connectivity index (χ3n) is 5.30. The minimum Gasteiger partial charge on any atom is -0.479 e. The molecule has 4 N–H and O–H groups in total. The first kappa shape index (κ1) is 33.0. The molecule has 0 aliphatic heterocycles. The van der Waals surface area contributed by atoms with E-state index < -0.39 is 18.2 Å². The van der Waals surface area contributed by atoms with Gasteiger partial charge in [0.05, 0.1) is 14.2 Å². The number of carbonyl (C=O) groups excluding carboxylic acids is 3. The van der Waals surface area contributed by atoms with E-state index in [4.69, 9.17) is 10.2 Å². The van der Waals surface area contributed by atoms with E-state index in [1.165, 1.54) is 14.2 Å². The van der Waals surface area contributed by atoms with Gasteiger partial charge in [0.2, 0.25) is 0 Å². The van der Waals surface area contributed by atoms with Gasteiger partial charge in [0.15, 0.2) is 6.10 Å². The van der Waals surface area contributed by atoms with Gasteiger partial charge in [0, 0.05) is 18.5 Å². The summed E-state index contributed by atoms with van der Waals surface area (Å²) in [6, 6.07) is 9.06. The molecule has 2 unspecified atom stereocenters. The van der Waals surface area contributed by atoms with Crippen molar-refractivity contribution in [1.82, 2.24) is 0 Å². The molecule has 1 rings (SSSR count). The maximum atomic E-state index is 11.7. The van der Waals surface area contributed by atoms with Crippen molar-refractivity contribution in [2.24, 2.45) is 0 Å². The van der Waals surface area contributed by atoms with Crippen LogP contribution in [0.15, 0.2) is 30.3 Å². The summed E-state index contributed by atoms with van der Waals surface area (Å²) in [7, 11) is 2.73. The number of anilines is 1. The lowest BCUT2D eigenvalue weighted by Gasteiger charge is -2.11. The molecule has 10 nitrogen and oxygen atoms in total. The van der Waals surface area contributed by atoms with Gasteiger partial charge in [-0.05, 0) is 37.8 Å². The number of methoxy groups -OCH3 is 2. The second kappa shape index (κ2) is 21.3. The Labute approximate surface area is 213 Å². The Morgan fingerprint density at radius 2 is 1.17 bits per heavy atom. The second-order valence-electron chi connectivity index (χ2n) is 8.28. The van der Waals surface area contributed by atoms with Gasteiger partial charge in [-0.15, -0.1) is 0 Å². The Hall–Kier alpha value is -2.98. The number of carbonyl (C=O) groups is 4. The maximum absolute atomic E-state index is 11.7. The molecule has 0 radical (unpaired) electrons. The Bertz CT molecular complexity index is 755. The zero-order chi connectivity index (χ0) is 27.2. The number of aliphatic hydroxyl groups excluding tert-OH is 2. The smallest absolute Gasteiger partial charge is 0.332 e. The molecule has 0 heterocycles. The van der Waals surface area contributed by atoms with Gasteiger partial charge in [0.1, 0.15) is 6.10 Å². The molecule has 204 valence electrons. The summed E-state index contributed by atoms with van der Waals surface area (Å²) in [5.74, 6) is -1.97. The fourth-order valence-electron chi connectivity index (χ4n) is 3.13. The maximum Gasteiger partial charge on any atom is 0.332 e. The minimum atomic E-state index is -1.26. The molecule has 1 amide bonds. The molecule has 0 saturated heterocycles. The number of hydrogen-bond donors (Lipinski definition) is 4. The van der Waals surface area contributed by atoms with Gasteiger partial charge in [-0.3, -0.25) is 14.4 Å². The van der Waals surface area contributed by atoms with Crippen LogP contribution in [0, 0.1) is 0 Å². The van der Waals surface area contributed by atoms with Gasteiger partial charge in [0.25, 0.3) is 5.91 Å². The van der Waals surface area contributed by atoms with Crippen molar-refractivity contribution in [2.45, 2.75) is 89.3 Å². The molecular formula is C26H41NO9. The predicted octanol–water partition coefficient (Wildman–Crippen LogP) is 3.45. The number of nitrogens with one attached hydrogen (secondary N) is 1. The van der Waals surface area contributed by atoms with E-state index in [0.29, 0.717) is 31.4 Å². The van der Waals surface area contributed by atoms with E-state index in [1.807, 2.05) is 18.2 Å². The summed E-state index contributed by atoms with van der Waals surface area (Å²) in [5, 5.41) is 29.8. The van der Waals surface area contributed by atoms with Crippen LogP contribution in [0.1, 0.15) is 77.0 Å². The van der Waals surface area contributed by atoms with E-state index in [-0.39, 0.29) is 24.3 Å². The molecule has 1 aromatic carbocycles. The van der Waals surface area contributed by atoms with E-state index in [2.05, 4.69) is 14.8 Å². The number of para-hydroxylation sites is 1. The molecule has 0 bridgehead atoms. The van der Waals surface area contributed by atoms with Crippen molar-refractivity contribution in [1.29, 1.82) is 0 Å². The van der Waals surface area contributed by atoms with Gasteiger partial charge in [-0.25, -0.2) is 4.79 Å². The Kier molecular flexibility index (Phi) is 19.6. The Morgan fingerprint density at radius 1 is 0.722 bits per heavy atom. The average molecular weight is 512 g/mol. The largest absolute Gasteiger partial charge is 0.479 e. The monoisotopic (exact) mass is 511 g/mol. The number of rotatable bonds is 17. The van der Waals surface area contributed by atoms with Gasteiger partial charge < -0.3 is 30.1 Å². The summed E-state index contributed by atoms with van der Waals surface area (Å²) < 4.78 is 9.02. The molecule has 0 fully saturated rings. The number of amides is 1. The predicted molar refractivity (Wildman–Crippen MR) is 134 cm³/mol. The lowest BCUT2D eigenvalue weighted by molar-refractivity contribution is -0.147. The third-order valence-corrected chi connectivity index (χ3v) is 5.30. The summed E-state index contributed by atoms with van der Waals surface area (Å²) in [5.41, 5.74) is 0.680. The van der Waals surface area contributed by atoms with E-state index in [9.17, 15) is 24.3 Å². The first-order chi connectivity index (χ1) is 17.2. The standard InChI is InChI=1S/C16H23NO4.C10H18O5/c1-21-15(19)12-8-3-2-7-11-14(18)16(20)17-13-9-5-4-6-10-13;1-15-9(12)7-5-3-2-4-6-8(11)10(13)14/h4-6,9-10,14,18H,2-3,7-8,11-12H2,1H3,(H,17,20);8,11H,2-7H2,1H3,(H,13,14). The topological polar surface area (TPSA) is 159 Å². The molecule has 0 spiro atoms. The fraction of sp³-hybridized carbons (Fsp3) is 0.615. The highest BCUT2D eigenvalue weighted by Crippen LogP contribution is 2.11. The number of unbranched alkanes of at least 4 members (excludes halogenated alkanes) is 6.